The minimum Gasteiger partial charge on any atom is -0.478 e. The average molecular weight is 281 g/mol. The van der Waals surface area contributed by atoms with Crippen LogP contribution in [0.2, 0.25) is 0 Å². The third-order valence-electron chi connectivity index (χ3n) is 3.12. The Morgan fingerprint density at radius 2 is 2.05 bits per heavy atom. The number of nitrogens with one attached hydrogen (secondary N) is 2. The van der Waals surface area contributed by atoms with Gasteiger partial charge >= 0.3 is 5.97 Å². The van der Waals surface area contributed by atoms with Crippen LogP contribution in [0.15, 0.2) is 48.9 Å². The molecule has 0 radical (unpaired) electrons. The lowest BCUT2D eigenvalue weighted by Gasteiger charge is -2.07. The third-order valence-corrected chi connectivity index (χ3v) is 3.12. The van der Waals surface area contributed by atoms with E-state index >= 15 is 0 Å². The van der Waals surface area contributed by atoms with Crippen LogP contribution in [0.5, 0.6) is 0 Å². The second-order valence-corrected chi connectivity index (χ2v) is 4.46. The molecule has 0 atom stereocenters. The van der Waals surface area contributed by atoms with E-state index in [1.165, 1.54) is 18.5 Å². The number of carbonyl (C=O) groups excluding carboxylic acids is 1. The van der Waals surface area contributed by atoms with Crippen molar-refractivity contribution in [3.05, 3.63) is 60.0 Å². The van der Waals surface area contributed by atoms with Gasteiger partial charge in [-0.2, -0.15) is 0 Å². The summed E-state index contributed by atoms with van der Waals surface area (Å²) in [5, 5.41) is 12.6. The molecule has 104 valence electrons. The molecule has 0 unspecified atom stereocenters. The van der Waals surface area contributed by atoms with Crippen LogP contribution in [0.25, 0.3) is 10.9 Å². The fourth-order valence-electron chi connectivity index (χ4n) is 2.07. The van der Waals surface area contributed by atoms with Gasteiger partial charge in [0.2, 0.25) is 0 Å². The summed E-state index contributed by atoms with van der Waals surface area (Å²) in [4.78, 5) is 30.2. The molecule has 0 aliphatic rings. The van der Waals surface area contributed by atoms with Gasteiger partial charge in [0, 0.05) is 28.9 Å². The molecule has 2 aromatic heterocycles. The van der Waals surface area contributed by atoms with Crippen molar-refractivity contribution in [3.63, 3.8) is 0 Å². The molecule has 0 aliphatic carbocycles. The number of anilines is 1. The van der Waals surface area contributed by atoms with Crippen LogP contribution in [0.4, 0.5) is 5.69 Å². The largest absolute Gasteiger partial charge is 0.478 e. The van der Waals surface area contributed by atoms with E-state index in [1.807, 2.05) is 6.07 Å². The van der Waals surface area contributed by atoms with Crippen molar-refractivity contribution in [3.8, 4) is 0 Å². The van der Waals surface area contributed by atoms with Crippen molar-refractivity contribution in [1.29, 1.82) is 0 Å². The van der Waals surface area contributed by atoms with Gasteiger partial charge < -0.3 is 15.4 Å². The minimum atomic E-state index is -1.12. The zero-order chi connectivity index (χ0) is 14.8. The molecule has 6 nitrogen and oxygen atoms in total. The summed E-state index contributed by atoms with van der Waals surface area (Å²) in [5.74, 6) is -1.50. The lowest BCUT2D eigenvalue weighted by atomic mass is 10.1. The normalized spacial score (nSPS) is 10.5. The molecule has 3 rings (SSSR count). The molecular formula is C15H11N3O3. The number of carbonyl (C=O) groups is 2. The smallest absolute Gasteiger partial charge is 0.337 e. The molecular weight excluding hydrogens is 270 g/mol. The van der Waals surface area contributed by atoms with Crippen LogP contribution in [0.1, 0.15) is 20.7 Å². The summed E-state index contributed by atoms with van der Waals surface area (Å²) in [6, 6.07) is 8.40. The zero-order valence-electron chi connectivity index (χ0n) is 10.8. The number of nitrogens with zero attached hydrogens (tertiary/aromatic N) is 1. The zero-order valence-corrected chi connectivity index (χ0v) is 10.8. The number of hydrogen-bond acceptors (Lipinski definition) is 3. The topological polar surface area (TPSA) is 95.1 Å². The van der Waals surface area contributed by atoms with Gasteiger partial charge in [0.1, 0.15) is 0 Å². The van der Waals surface area contributed by atoms with E-state index in [2.05, 4.69) is 15.3 Å². The number of aromatic carboxylic acids is 1. The van der Waals surface area contributed by atoms with Gasteiger partial charge in [-0.1, -0.05) is 0 Å². The molecule has 1 aromatic carbocycles. The summed E-state index contributed by atoms with van der Waals surface area (Å²) in [6.45, 7) is 0. The van der Waals surface area contributed by atoms with Crippen molar-refractivity contribution in [2.75, 3.05) is 5.32 Å². The van der Waals surface area contributed by atoms with Crippen LogP contribution in [-0.4, -0.2) is 27.0 Å². The molecule has 1 amide bonds. The Bertz CT molecular complexity index is 839. The van der Waals surface area contributed by atoms with Crippen LogP contribution in [-0.2, 0) is 0 Å². The van der Waals surface area contributed by atoms with Crippen molar-refractivity contribution >= 4 is 28.5 Å². The number of fused-ring (bicyclic) bond motifs is 1. The van der Waals surface area contributed by atoms with E-state index in [1.54, 1.807) is 24.4 Å². The number of carboxylic acid groups (broad SMARTS) is 1. The van der Waals surface area contributed by atoms with E-state index in [0.29, 0.717) is 5.56 Å². The highest BCUT2D eigenvalue weighted by Crippen LogP contribution is 2.17. The monoisotopic (exact) mass is 281 g/mol. The van der Waals surface area contributed by atoms with Crippen molar-refractivity contribution in [2.24, 2.45) is 0 Å². The van der Waals surface area contributed by atoms with Crippen LogP contribution in [0.3, 0.4) is 0 Å². The number of rotatable bonds is 3. The van der Waals surface area contributed by atoms with E-state index in [0.717, 1.165) is 10.9 Å². The number of carboxylic acids is 1. The number of aromatic nitrogens is 2. The van der Waals surface area contributed by atoms with Gasteiger partial charge in [0.25, 0.3) is 5.91 Å². The molecule has 0 spiro atoms. The molecule has 3 aromatic rings. The fourth-order valence-corrected chi connectivity index (χ4v) is 2.07. The number of amides is 1. The maximum Gasteiger partial charge on any atom is 0.337 e. The Kier molecular flexibility index (Phi) is 3.12. The molecule has 6 heteroatoms. The van der Waals surface area contributed by atoms with E-state index in [9.17, 15) is 9.59 Å². The SMILES string of the molecule is O=C(Nc1cnccc1C(=O)O)c1ccc2[nH]ccc2c1. The van der Waals surface area contributed by atoms with Crippen molar-refractivity contribution in [1.82, 2.24) is 9.97 Å². The Labute approximate surface area is 119 Å². The van der Waals surface area contributed by atoms with E-state index in [-0.39, 0.29) is 17.2 Å². The number of H-pyrrole nitrogens is 1. The van der Waals surface area contributed by atoms with Gasteiger partial charge in [-0.3, -0.25) is 9.78 Å². The fraction of sp³-hybridized carbons (Fsp3) is 0. The molecule has 0 bridgehead atoms. The Morgan fingerprint density at radius 1 is 1.19 bits per heavy atom. The Hall–Kier alpha value is -3.15. The molecule has 2 heterocycles. The van der Waals surface area contributed by atoms with Gasteiger partial charge in [-0.15, -0.1) is 0 Å². The first-order valence-electron chi connectivity index (χ1n) is 6.21. The van der Waals surface area contributed by atoms with Gasteiger partial charge in [-0.25, -0.2) is 4.79 Å². The molecule has 0 aliphatic heterocycles. The summed E-state index contributed by atoms with van der Waals surface area (Å²) >= 11 is 0. The van der Waals surface area contributed by atoms with Crippen LogP contribution < -0.4 is 5.32 Å². The maximum absolute atomic E-state index is 12.2. The second-order valence-electron chi connectivity index (χ2n) is 4.46. The highest BCUT2D eigenvalue weighted by Gasteiger charge is 2.13. The lowest BCUT2D eigenvalue weighted by molar-refractivity contribution is 0.0698. The van der Waals surface area contributed by atoms with E-state index < -0.39 is 5.97 Å². The first-order valence-corrected chi connectivity index (χ1v) is 6.21. The summed E-state index contributed by atoms with van der Waals surface area (Å²) < 4.78 is 0. The first kappa shape index (κ1) is 12.9. The van der Waals surface area contributed by atoms with Crippen molar-refractivity contribution < 1.29 is 14.7 Å². The Morgan fingerprint density at radius 3 is 2.86 bits per heavy atom. The minimum absolute atomic E-state index is 0.000993. The highest BCUT2D eigenvalue weighted by atomic mass is 16.4. The van der Waals surface area contributed by atoms with Gasteiger partial charge in [0.15, 0.2) is 0 Å². The summed E-state index contributed by atoms with van der Waals surface area (Å²) in [6.07, 6.45) is 4.47. The first-order chi connectivity index (χ1) is 10.1. The molecule has 3 N–H and O–H groups in total. The highest BCUT2D eigenvalue weighted by molar-refractivity contribution is 6.08. The van der Waals surface area contributed by atoms with Crippen LogP contribution in [0, 0.1) is 0 Å². The lowest BCUT2D eigenvalue weighted by Crippen LogP contribution is -2.15. The molecule has 0 saturated heterocycles. The standard InChI is InChI=1S/C15H11N3O3/c19-14(10-1-2-12-9(7-10)3-6-17-12)18-13-8-16-5-4-11(13)15(20)21/h1-8,17H,(H,18,19)(H,20,21). The molecule has 0 fully saturated rings. The quantitative estimate of drug-likeness (QED) is 0.687. The molecule has 0 saturated carbocycles. The average Bonchev–Trinajstić information content (AvgIpc) is 2.94. The van der Waals surface area contributed by atoms with Gasteiger partial charge in [0.05, 0.1) is 17.4 Å². The number of benzene rings is 1. The Balaban J connectivity index is 1.91. The van der Waals surface area contributed by atoms with Gasteiger partial charge in [-0.05, 0) is 30.3 Å². The predicted molar refractivity (Wildman–Crippen MR) is 77.4 cm³/mol. The second kappa shape index (κ2) is 5.09. The molecule has 21 heavy (non-hydrogen) atoms. The number of hydrogen-bond donors (Lipinski definition) is 3. The number of aromatic amines is 1. The van der Waals surface area contributed by atoms with Crippen molar-refractivity contribution in [2.45, 2.75) is 0 Å². The summed E-state index contributed by atoms with van der Waals surface area (Å²) in [5.41, 5.74) is 1.55. The predicted octanol–water partition coefficient (Wildman–Crippen LogP) is 2.51. The van der Waals surface area contributed by atoms with Crippen LogP contribution >= 0.6 is 0 Å². The summed E-state index contributed by atoms with van der Waals surface area (Å²) in [7, 11) is 0. The number of pyridine rings is 1. The van der Waals surface area contributed by atoms with E-state index in [4.69, 9.17) is 5.11 Å². The maximum atomic E-state index is 12.2. The third kappa shape index (κ3) is 2.46.